The number of benzene rings is 1. The molecule has 0 unspecified atom stereocenters. The molecule has 0 aliphatic heterocycles. The first kappa shape index (κ1) is 11.9. The fourth-order valence-electron chi connectivity index (χ4n) is 1.12. The first-order valence-electron chi connectivity index (χ1n) is 4.30. The second-order valence-corrected chi connectivity index (χ2v) is 5.04. The van der Waals surface area contributed by atoms with Gasteiger partial charge in [-0.3, -0.25) is 4.79 Å². The summed E-state index contributed by atoms with van der Waals surface area (Å²) < 4.78 is 27.6. The van der Waals surface area contributed by atoms with Crippen molar-refractivity contribution in [3.63, 3.8) is 0 Å². The van der Waals surface area contributed by atoms with Crippen molar-refractivity contribution in [3.05, 3.63) is 29.8 Å². The first-order valence-corrected chi connectivity index (χ1v) is 5.95. The summed E-state index contributed by atoms with van der Waals surface area (Å²) >= 11 is 0. The molecule has 1 aromatic rings. The zero-order chi connectivity index (χ0) is 11.5. The molecule has 0 saturated carbocycles. The zero-order valence-electron chi connectivity index (χ0n) is 8.56. The molecule has 1 rings (SSSR count). The molecule has 0 heterocycles. The number of Topliss-reactive ketones (excluding diaryl/α,β-unsaturated/α-hetero) is 1. The van der Waals surface area contributed by atoms with Crippen molar-refractivity contribution in [3.8, 4) is 0 Å². The summed E-state index contributed by atoms with van der Waals surface area (Å²) in [4.78, 5) is 11.1. The van der Waals surface area contributed by atoms with Gasteiger partial charge in [0.05, 0.1) is 4.90 Å². The molecule has 0 spiro atoms. The molecule has 0 N–H and O–H groups in total. The monoisotopic (exact) mass is 228 g/mol. The van der Waals surface area contributed by atoms with Crippen LogP contribution in [0.3, 0.4) is 0 Å². The van der Waals surface area contributed by atoms with Gasteiger partial charge in [-0.2, -0.15) is 0 Å². The van der Waals surface area contributed by atoms with Gasteiger partial charge in [0.25, 0.3) is 0 Å². The van der Waals surface area contributed by atoms with Gasteiger partial charge < -0.3 is 4.74 Å². The molecule has 0 bridgehead atoms. The molecule has 0 amide bonds. The lowest BCUT2D eigenvalue weighted by Crippen LogP contribution is -2.08. The maximum atomic E-state index is 11.5. The Hall–Kier alpha value is -1.20. The van der Waals surface area contributed by atoms with Gasteiger partial charge >= 0.3 is 0 Å². The van der Waals surface area contributed by atoms with E-state index in [1.54, 1.807) is 0 Å². The van der Waals surface area contributed by atoms with E-state index in [0.717, 1.165) is 0 Å². The van der Waals surface area contributed by atoms with E-state index in [1.165, 1.54) is 38.3 Å². The van der Waals surface area contributed by atoms with Crippen LogP contribution in [0, 0.1) is 0 Å². The van der Waals surface area contributed by atoms with E-state index in [1.807, 2.05) is 0 Å². The molecular weight excluding hydrogens is 216 g/mol. The first-order chi connectivity index (χ1) is 6.97. The molecule has 0 fully saturated rings. The van der Waals surface area contributed by atoms with Crippen LogP contribution in [-0.2, 0) is 14.6 Å². The van der Waals surface area contributed by atoms with E-state index in [0.29, 0.717) is 5.56 Å². The Kier molecular flexibility index (Phi) is 3.60. The average molecular weight is 228 g/mol. The lowest BCUT2D eigenvalue weighted by molar-refractivity contribution is 0.101. The van der Waals surface area contributed by atoms with Gasteiger partial charge in [0.1, 0.15) is 0 Å². The van der Waals surface area contributed by atoms with E-state index in [-0.39, 0.29) is 16.6 Å². The highest BCUT2D eigenvalue weighted by Gasteiger charge is 2.13. The average Bonchev–Trinajstić information content (AvgIpc) is 2.18. The molecule has 0 atom stereocenters. The highest BCUT2D eigenvalue weighted by Crippen LogP contribution is 2.12. The van der Waals surface area contributed by atoms with E-state index in [9.17, 15) is 13.2 Å². The molecule has 0 aromatic heterocycles. The Morgan fingerprint density at radius 3 is 2.20 bits per heavy atom. The van der Waals surface area contributed by atoms with Gasteiger partial charge in [-0.05, 0) is 19.1 Å². The molecule has 0 saturated heterocycles. The molecule has 0 radical (unpaired) electrons. The van der Waals surface area contributed by atoms with Crippen molar-refractivity contribution in [2.75, 3.05) is 13.0 Å². The van der Waals surface area contributed by atoms with Crippen molar-refractivity contribution in [1.82, 2.24) is 0 Å². The fourth-order valence-corrected chi connectivity index (χ4v) is 2.12. The van der Waals surface area contributed by atoms with Crippen molar-refractivity contribution in [2.45, 2.75) is 11.8 Å². The van der Waals surface area contributed by atoms with Gasteiger partial charge in [-0.25, -0.2) is 8.42 Å². The highest BCUT2D eigenvalue weighted by atomic mass is 32.2. The number of ketones is 1. The Morgan fingerprint density at radius 1 is 1.27 bits per heavy atom. The molecule has 5 heteroatoms. The van der Waals surface area contributed by atoms with Crippen molar-refractivity contribution in [2.24, 2.45) is 0 Å². The number of carbonyl (C=O) groups is 1. The Labute approximate surface area is 88.8 Å². The van der Waals surface area contributed by atoms with Crippen LogP contribution in [-0.4, -0.2) is 27.2 Å². The Morgan fingerprint density at radius 2 is 1.80 bits per heavy atom. The van der Waals surface area contributed by atoms with Gasteiger partial charge in [0, 0.05) is 12.7 Å². The van der Waals surface area contributed by atoms with Crippen LogP contribution in [0.15, 0.2) is 29.2 Å². The zero-order valence-corrected chi connectivity index (χ0v) is 9.37. The van der Waals surface area contributed by atoms with Gasteiger partial charge in [0.15, 0.2) is 11.7 Å². The maximum Gasteiger partial charge on any atom is 0.202 e. The third-order valence-electron chi connectivity index (χ3n) is 1.89. The summed E-state index contributed by atoms with van der Waals surface area (Å²) in [6, 6.07) is 5.80. The lowest BCUT2D eigenvalue weighted by atomic mass is 10.2. The normalized spacial score (nSPS) is 11.3. The summed E-state index contributed by atoms with van der Waals surface area (Å²) in [5.41, 5.74) is 0.492. The second-order valence-electron chi connectivity index (χ2n) is 3.10. The Bertz CT molecular complexity index is 445. The summed E-state index contributed by atoms with van der Waals surface area (Å²) in [5, 5.41) is 0. The molecule has 0 aliphatic rings. The van der Waals surface area contributed by atoms with Crippen LogP contribution < -0.4 is 0 Å². The number of methoxy groups -OCH3 is 1. The Balaban J connectivity index is 3.04. The van der Waals surface area contributed by atoms with Crippen molar-refractivity contribution in [1.29, 1.82) is 0 Å². The summed E-state index contributed by atoms with van der Waals surface area (Å²) in [6.07, 6.45) is 0. The SMILES string of the molecule is COCS(=O)(=O)c1ccc(C(C)=O)cc1. The number of hydrogen-bond donors (Lipinski definition) is 0. The van der Waals surface area contributed by atoms with Gasteiger partial charge in [-0.1, -0.05) is 12.1 Å². The van der Waals surface area contributed by atoms with Crippen LogP contribution >= 0.6 is 0 Å². The standard InChI is InChI=1S/C10H12O4S/c1-8(11)9-3-5-10(6-4-9)15(12,13)7-14-2/h3-6H,7H2,1-2H3. The number of ether oxygens (including phenoxy) is 1. The molecule has 0 aliphatic carbocycles. The minimum Gasteiger partial charge on any atom is -0.368 e. The van der Waals surface area contributed by atoms with Crippen LogP contribution in [0.2, 0.25) is 0 Å². The predicted octanol–water partition coefficient (Wildman–Crippen LogP) is 1.27. The summed E-state index contributed by atoms with van der Waals surface area (Å²) in [6.45, 7) is 1.43. The van der Waals surface area contributed by atoms with Gasteiger partial charge in [-0.15, -0.1) is 0 Å². The summed E-state index contributed by atoms with van der Waals surface area (Å²) in [5.74, 6) is -0.447. The smallest absolute Gasteiger partial charge is 0.202 e. The maximum absolute atomic E-state index is 11.5. The number of hydrogen-bond acceptors (Lipinski definition) is 4. The van der Waals surface area contributed by atoms with Crippen LogP contribution in [0.4, 0.5) is 0 Å². The van der Waals surface area contributed by atoms with E-state index < -0.39 is 9.84 Å². The minimum absolute atomic E-state index is 0.0920. The third-order valence-corrected chi connectivity index (χ3v) is 3.43. The molecule has 4 nitrogen and oxygen atoms in total. The van der Waals surface area contributed by atoms with Gasteiger partial charge in [0.2, 0.25) is 9.84 Å². The minimum atomic E-state index is -3.39. The quantitative estimate of drug-likeness (QED) is 0.728. The van der Waals surface area contributed by atoms with E-state index in [4.69, 9.17) is 0 Å². The van der Waals surface area contributed by atoms with E-state index >= 15 is 0 Å². The van der Waals surface area contributed by atoms with Crippen molar-refractivity contribution < 1.29 is 17.9 Å². The van der Waals surface area contributed by atoms with Crippen molar-refractivity contribution >= 4 is 15.6 Å². The third kappa shape index (κ3) is 2.87. The highest BCUT2D eigenvalue weighted by molar-refractivity contribution is 7.91. The van der Waals surface area contributed by atoms with E-state index in [2.05, 4.69) is 4.74 Å². The van der Waals surface area contributed by atoms with Crippen LogP contribution in [0.1, 0.15) is 17.3 Å². The molecular formula is C10H12O4S. The predicted molar refractivity (Wildman–Crippen MR) is 55.5 cm³/mol. The number of carbonyl (C=O) groups excluding carboxylic acids is 1. The lowest BCUT2D eigenvalue weighted by Gasteiger charge is -2.03. The van der Waals surface area contributed by atoms with Crippen LogP contribution in [0.5, 0.6) is 0 Å². The van der Waals surface area contributed by atoms with Crippen LogP contribution in [0.25, 0.3) is 0 Å². The number of rotatable bonds is 4. The number of sulfone groups is 1. The molecule has 15 heavy (non-hydrogen) atoms. The fraction of sp³-hybridized carbons (Fsp3) is 0.300. The topological polar surface area (TPSA) is 60.4 Å². The second kappa shape index (κ2) is 4.55. The largest absolute Gasteiger partial charge is 0.368 e. The molecule has 82 valence electrons. The summed E-state index contributed by atoms with van der Waals surface area (Å²) in [7, 11) is -2.07. The molecule has 1 aromatic carbocycles.